The molecule has 18 heavy (non-hydrogen) atoms. The van der Waals surface area contributed by atoms with Crippen LogP contribution in [0.15, 0.2) is 33.3 Å². The maximum atomic E-state index is 4.36. The number of nitrogens with one attached hydrogen (secondary N) is 1. The van der Waals surface area contributed by atoms with Crippen LogP contribution >= 0.6 is 31.9 Å². The van der Waals surface area contributed by atoms with Crippen molar-refractivity contribution in [1.82, 2.24) is 9.97 Å². The topological polar surface area (TPSA) is 37.8 Å². The maximum Gasteiger partial charge on any atom is 0.125 e. The third-order valence-corrected chi connectivity index (χ3v) is 3.72. The lowest BCUT2D eigenvalue weighted by Gasteiger charge is -2.11. The highest BCUT2D eigenvalue weighted by atomic mass is 79.9. The number of aromatic nitrogens is 2. The second-order valence-electron chi connectivity index (χ2n) is 4.05. The SMILES string of the molecule is Cc1cc(Br)c(NCc2ccnc(C)n2)c(Br)c1. The van der Waals surface area contributed by atoms with Gasteiger partial charge in [-0.05, 0) is 69.5 Å². The molecule has 0 saturated carbocycles. The van der Waals surface area contributed by atoms with E-state index < -0.39 is 0 Å². The van der Waals surface area contributed by atoms with E-state index in [1.165, 1.54) is 5.56 Å². The molecule has 94 valence electrons. The quantitative estimate of drug-likeness (QED) is 0.878. The fourth-order valence-corrected chi connectivity index (χ4v) is 3.35. The van der Waals surface area contributed by atoms with Crippen molar-refractivity contribution in [3.63, 3.8) is 0 Å². The summed E-state index contributed by atoms with van der Waals surface area (Å²) in [6, 6.07) is 6.08. The zero-order chi connectivity index (χ0) is 13.1. The van der Waals surface area contributed by atoms with Crippen molar-refractivity contribution in [2.24, 2.45) is 0 Å². The Balaban J connectivity index is 2.16. The fraction of sp³-hybridized carbons (Fsp3) is 0.231. The van der Waals surface area contributed by atoms with Gasteiger partial charge in [0.15, 0.2) is 0 Å². The van der Waals surface area contributed by atoms with Crippen LogP contribution in [0.25, 0.3) is 0 Å². The first-order valence-electron chi connectivity index (χ1n) is 5.54. The lowest BCUT2D eigenvalue weighted by atomic mass is 10.2. The molecule has 2 rings (SSSR count). The van der Waals surface area contributed by atoms with Crippen LogP contribution in [-0.4, -0.2) is 9.97 Å². The van der Waals surface area contributed by atoms with E-state index in [1.807, 2.05) is 13.0 Å². The Labute approximate surface area is 123 Å². The van der Waals surface area contributed by atoms with Crippen LogP contribution in [0.4, 0.5) is 5.69 Å². The van der Waals surface area contributed by atoms with E-state index in [4.69, 9.17) is 0 Å². The molecule has 0 amide bonds. The molecule has 0 radical (unpaired) electrons. The summed E-state index contributed by atoms with van der Waals surface area (Å²) in [4.78, 5) is 8.45. The number of hydrogen-bond donors (Lipinski definition) is 1. The van der Waals surface area contributed by atoms with Gasteiger partial charge in [-0.1, -0.05) is 0 Å². The van der Waals surface area contributed by atoms with Gasteiger partial charge in [-0.2, -0.15) is 0 Å². The van der Waals surface area contributed by atoms with Crippen LogP contribution in [0.2, 0.25) is 0 Å². The van der Waals surface area contributed by atoms with Crippen molar-refractivity contribution < 1.29 is 0 Å². The third-order valence-electron chi connectivity index (χ3n) is 2.47. The van der Waals surface area contributed by atoms with Gasteiger partial charge >= 0.3 is 0 Å². The van der Waals surface area contributed by atoms with Gasteiger partial charge < -0.3 is 5.32 Å². The minimum atomic E-state index is 0.670. The zero-order valence-corrected chi connectivity index (χ0v) is 13.3. The fourth-order valence-electron chi connectivity index (χ4n) is 1.65. The van der Waals surface area contributed by atoms with Crippen LogP contribution in [0.3, 0.4) is 0 Å². The Morgan fingerprint density at radius 1 is 1.17 bits per heavy atom. The average Bonchev–Trinajstić information content (AvgIpc) is 2.27. The predicted octanol–water partition coefficient (Wildman–Crippen LogP) is 4.23. The van der Waals surface area contributed by atoms with Crippen molar-refractivity contribution in [1.29, 1.82) is 0 Å². The molecule has 0 fully saturated rings. The molecular formula is C13H13Br2N3. The minimum absolute atomic E-state index is 0.670. The van der Waals surface area contributed by atoms with Crippen LogP contribution in [-0.2, 0) is 6.54 Å². The molecule has 0 saturated heterocycles. The van der Waals surface area contributed by atoms with Crippen molar-refractivity contribution >= 4 is 37.5 Å². The Bertz CT molecular complexity index is 547. The molecule has 3 nitrogen and oxygen atoms in total. The molecule has 0 aliphatic carbocycles. The van der Waals surface area contributed by atoms with E-state index in [-0.39, 0.29) is 0 Å². The van der Waals surface area contributed by atoms with Crippen molar-refractivity contribution in [2.75, 3.05) is 5.32 Å². The van der Waals surface area contributed by atoms with Gasteiger partial charge in [0.1, 0.15) is 5.82 Å². The average molecular weight is 371 g/mol. The third kappa shape index (κ3) is 3.29. The summed E-state index contributed by atoms with van der Waals surface area (Å²) in [5.74, 6) is 0.788. The molecule has 0 unspecified atom stereocenters. The summed E-state index contributed by atoms with van der Waals surface area (Å²) in [6.07, 6.45) is 1.78. The van der Waals surface area contributed by atoms with Gasteiger partial charge in [-0.3, -0.25) is 0 Å². The second kappa shape index (κ2) is 5.80. The molecule has 0 atom stereocenters. The number of hydrogen-bond acceptors (Lipinski definition) is 3. The summed E-state index contributed by atoms with van der Waals surface area (Å²) in [5, 5.41) is 3.37. The number of aryl methyl sites for hydroxylation is 2. The van der Waals surface area contributed by atoms with Gasteiger partial charge in [0.25, 0.3) is 0 Å². The van der Waals surface area contributed by atoms with Crippen molar-refractivity contribution in [2.45, 2.75) is 20.4 Å². The molecule has 5 heteroatoms. The van der Waals surface area contributed by atoms with Crippen LogP contribution < -0.4 is 5.32 Å². The van der Waals surface area contributed by atoms with Gasteiger partial charge in [0, 0.05) is 15.1 Å². The molecule has 1 N–H and O–H groups in total. The Kier molecular flexibility index (Phi) is 4.35. The van der Waals surface area contributed by atoms with E-state index in [1.54, 1.807) is 6.20 Å². The molecule has 0 bridgehead atoms. The highest BCUT2D eigenvalue weighted by molar-refractivity contribution is 9.11. The summed E-state index contributed by atoms with van der Waals surface area (Å²) in [7, 11) is 0. The summed E-state index contributed by atoms with van der Waals surface area (Å²) >= 11 is 7.12. The predicted molar refractivity (Wildman–Crippen MR) is 80.7 cm³/mol. The van der Waals surface area contributed by atoms with Crippen molar-refractivity contribution in [3.8, 4) is 0 Å². The van der Waals surface area contributed by atoms with E-state index >= 15 is 0 Å². The number of anilines is 1. The van der Waals surface area contributed by atoms with Crippen LogP contribution in [0.5, 0.6) is 0 Å². The molecule has 0 spiro atoms. The number of rotatable bonds is 3. The number of benzene rings is 1. The molecule has 0 aliphatic rings. The van der Waals surface area contributed by atoms with E-state index in [0.29, 0.717) is 6.54 Å². The van der Waals surface area contributed by atoms with E-state index in [9.17, 15) is 0 Å². The summed E-state index contributed by atoms with van der Waals surface area (Å²) in [5.41, 5.74) is 3.22. The molecule has 1 aromatic carbocycles. The lowest BCUT2D eigenvalue weighted by molar-refractivity contribution is 0.954. The highest BCUT2D eigenvalue weighted by Gasteiger charge is 2.06. The van der Waals surface area contributed by atoms with E-state index in [0.717, 1.165) is 26.2 Å². The van der Waals surface area contributed by atoms with E-state index in [2.05, 4.69) is 66.2 Å². The first kappa shape index (κ1) is 13.5. The zero-order valence-electron chi connectivity index (χ0n) is 10.2. The molecular weight excluding hydrogens is 358 g/mol. The second-order valence-corrected chi connectivity index (χ2v) is 5.76. The molecule has 0 aliphatic heterocycles. The Morgan fingerprint density at radius 2 is 1.83 bits per heavy atom. The number of halogens is 2. The smallest absolute Gasteiger partial charge is 0.125 e. The van der Waals surface area contributed by atoms with Gasteiger partial charge in [-0.15, -0.1) is 0 Å². The summed E-state index contributed by atoms with van der Waals surface area (Å²) in [6.45, 7) is 4.62. The Hall–Kier alpha value is -0.940. The molecule has 1 heterocycles. The largest absolute Gasteiger partial charge is 0.378 e. The van der Waals surface area contributed by atoms with Gasteiger partial charge in [-0.25, -0.2) is 9.97 Å². The van der Waals surface area contributed by atoms with Gasteiger partial charge in [0.2, 0.25) is 0 Å². The van der Waals surface area contributed by atoms with Crippen LogP contribution in [0, 0.1) is 13.8 Å². The number of nitrogens with zero attached hydrogens (tertiary/aromatic N) is 2. The van der Waals surface area contributed by atoms with Crippen molar-refractivity contribution in [3.05, 3.63) is 50.4 Å². The lowest BCUT2D eigenvalue weighted by Crippen LogP contribution is -2.04. The molecule has 1 aromatic heterocycles. The Morgan fingerprint density at radius 3 is 2.44 bits per heavy atom. The molecule has 2 aromatic rings. The highest BCUT2D eigenvalue weighted by Crippen LogP contribution is 2.32. The first-order chi connectivity index (χ1) is 8.56. The monoisotopic (exact) mass is 369 g/mol. The standard InChI is InChI=1S/C13H13Br2N3/c1-8-5-11(14)13(12(15)6-8)17-7-10-3-4-16-9(2)18-10/h3-6,17H,7H2,1-2H3. The van der Waals surface area contributed by atoms with Crippen LogP contribution in [0.1, 0.15) is 17.1 Å². The minimum Gasteiger partial charge on any atom is -0.378 e. The summed E-state index contributed by atoms with van der Waals surface area (Å²) < 4.78 is 2.08. The first-order valence-corrected chi connectivity index (χ1v) is 7.13. The maximum absolute atomic E-state index is 4.36. The normalized spacial score (nSPS) is 10.4. The van der Waals surface area contributed by atoms with Gasteiger partial charge in [0.05, 0.1) is 17.9 Å².